The van der Waals surface area contributed by atoms with Crippen molar-refractivity contribution in [3.05, 3.63) is 29.8 Å². The lowest BCUT2D eigenvalue weighted by atomic mass is 10.2. The molecule has 1 N–H and O–H groups in total. The van der Waals surface area contributed by atoms with Gasteiger partial charge >= 0.3 is 0 Å². The van der Waals surface area contributed by atoms with Gasteiger partial charge in [0.1, 0.15) is 0 Å². The predicted octanol–water partition coefficient (Wildman–Crippen LogP) is 0.890. The summed E-state index contributed by atoms with van der Waals surface area (Å²) in [6.07, 6.45) is 0. The molecule has 0 aliphatic carbocycles. The number of sulfonamides is 1. The van der Waals surface area contributed by atoms with Crippen molar-refractivity contribution in [2.45, 2.75) is 11.8 Å². The van der Waals surface area contributed by atoms with E-state index >= 15 is 0 Å². The number of benzene rings is 1. The second-order valence-electron chi connectivity index (χ2n) is 4.32. The maximum absolute atomic E-state index is 12.1. The predicted molar refractivity (Wildman–Crippen MR) is 76.5 cm³/mol. The molecule has 1 aliphatic rings. The number of hydrogen-bond donors (Lipinski definition) is 1. The summed E-state index contributed by atoms with van der Waals surface area (Å²) in [5.41, 5.74) is 1.01. The number of ether oxygens (including phenoxy) is 1. The van der Waals surface area contributed by atoms with E-state index in [0.29, 0.717) is 26.3 Å². The molecule has 0 unspecified atom stereocenters. The van der Waals surface area contributed by atoms with Crippen LogP contribution in [0.2, 0.25) is 0 Å². The van der Waals surface area contributed by atoms with Crippen molar-refractivity contribution in [2.24, 2.45) is 0 Å². The van der Waals surface area contributed by atoms with Crippen LogP contribution in [-0.4, -0.2) is 44.7 Å². The Bertz CT molecular complexity index is 549. The van der Waals surface area contributed by atoms with E-state index in [1.807, 2.05) is 6.92 Å². The first-order valence-corrected chi connectivity index (χ1v) is 7.84. The third kappa shape index (κ3) is 3.65. The molecule has 1 aliphatic heterocycles. The van der Waals surface area contributed by atoms with E-state index in [-0.39, 0.29) is 10.0 Å². The fourth-order valence-electron chi connectivity index (χ4n) is 1.72. The van der Waals surface area contributed by atoms with Gasteiger partial charge in [0.25, 0.3) is 10.0 Å². The molecule has 0 spiro atoms. The number of aryl methyl sites for hydroxylation is 1. The van der Waals surface area contributed by atoms with Crippen LogP contribution in [0.15, 0.2) is 29.2 Å². The average Bonchev–Trinajstić information content (AvgIpc) is 2.40. The molecule has 1 aromatic rings. The molecule has 1 saturated heterocycles. The maximum atomic E-state index is 12.1. The van der Waals surface area contributed by atoms with Gasteiger partial charge in [0.2, 0.25) is 0 Å². The fraction of sp³-hybridized carbons (Fsp3) is 0.417. The van der Waals surface area contributed by atoms with Gasteiger partial charge in [0.05, 0.1) is 18.1 Å². The summed E-state index contributed by atoms with van der Waals surface area (Å²) in [7, 11) is -3.60. The summed E-state index contributed by atoms with van der Waals surface area (Å²) in [5, 5.41) is 0.226. The third-order valence-corrected chi connectivity index (χ3v) is 4.70. The Morgan fingerprint density at radius 3 is 2.42 bits per heavy atom. The Kier molecular flexibility index (Phi) is 4.38. The molecule has 2 rings (SSSR count). The molecule has 5 nitrogen and oxygen atoms in total. The normalized spacial score (nSPS) is 16.2. The van der Waals surface area contributed by atoms with Gasteiger partial charge in [-0.3, -0.25) is 4.72 Å². The zero-order valence-electron chi connectivity index (χ0n) is 10.6. The van der Waals surface area contributed by atoms with Gasteiger partial charge in [0, 0.05) is 13.1 Å². The highest BCUT2D eigenvalue weighted by molar-refractivity contribution is 7.91. The molecule has 1 fully saturated rings. The Morgan fingerprint density at radius 2 is 1.84 bits per heavy atom. The molecule has 1 aromatic carbocycles. The summed E-state index contributed by atoms with van der Waals surface area (Å²) in [5.74, 6) is 0. The maximum Gasteiger partial charge on any atom is 0.263 e. The molecule has 19 heavy (non-hydrogen) atoms. The molecular weight excluding hydrogens is 284 g/mol. The fourth-order valence-corrected chi connectivity index (χ4v) is 3.21. The number of nitrogens with zero attached hydrogens (tertiary/aromatic N) is 1. The second-order valence-corrected chi connectivity index (χ2v) is 6.39. The van der Waals surface area contributed by atoms with E-state index in [0.717, 1.165) is 5.56 Å². The van der Waals surface area contributed by atoms with Crippen LogP contribution in [0.1, 0.15) is 5.56 Å². The van der Waals surface area contributed by atoms with Gasteiger partial charge in [-0.05, 0) is 31.3 Å². The first-order chi connectivity index (χ1) is 8.99. The average molecular weight is 300 g/mol. The summed E-state index contributed by atoms with van der Waals surface area (Å²) < 4.78 is 31.9. The Hall–Kier alpha value is -1.18. The summed E-state index contributed by atoms with van der Waals surface area (Å²) >= 11 is 5.13. The van der Waals surface area contributed by atoms with Crippen molar-refractivity contribution < 1.29 is 13.2 Å². The number of hydrogen-bond acceptors (Lipinski definition) is 4. The van der Waals surface area contributed by atoms with Crippen LogP contribution in [0.3, 0.4) is 0 Å². The minimum absolute atomic E-state index is 0.216. The molecule has 104 valence electrons. The van der Waals surface area contributed by atoms with E-state index in [4.69, 9.17) is 17.0 Å². The molecule has 0 aromatic heterocycles. The number of morpholine rings is 1. The van der Waals surface area contributed by atoms with Crippen LogP contribution < -0.4 is 4.72 Å². The zero-order chi connectivity index (χ0) is 13.9. The molecule has 0 bridgehead atoms. The molecule has 0 atom stereocenters. The summed E-state index contributed by atoms with van der Waals surface area (Å²) in [6.45, 7) is 4.24. The summed E-state index contributed by atoms with van der Waals surface area (Å²) in [6, 6.07) is 6.65. The molecule has 0 saturated carbocycles. The monoisotopic (exact) mass is 300 g/mol. The standard InChI is InChI=1S/C12H16N2O3S2/c1-10-2-4-11(5-3-10)19(15,16)13-12(18)14-6-8-17-9-7-14/h2-5H,6-9H2,1H3,(H,13,18). The van der Waals surface area contributed by atoms with Crippen molar-refractivity contribution in [3.8, 4) is 0 Å². The van der Waals surface area contributed by atoms with E-state index in [9.17, 15) is 8.42 Å². The van der Waals surface area contributed by atoms with Crippen molar-refractivity contribution in [3.63, 3.8) is 0 Å². The highest BCUT2D eigenvalue weighted by Crippen LogP contribution is 2.10. The van der Waals surface area contributed by atoms with E-state index in [2.05, 4.69) is 4.72 Å². The first kappa shape index (κ1) is 14.2. The lowest BCUT2D eigenvalue weighted by Gasteiger charge is -2.29. The minimum Gasteiger partial charge on any atom is -0.378 e. The molecule has 7 heteroatoms. The van der Waals surface area contributed by atoms with Crippen LogP contribution in [0.4, 0.5) is 0 Å². The highest BCUT2D eigenvalue weighted by atomic mass is 32.2. The van der Waals surface area contributed by atoms with Crippen LogP contribution in [0, 0.1) is 6.92 Å². The van der Waals surface area contributed by atoms with E-state index in [1.165, 1.54) is 0 Å². The summed E-state index contributed by atoms with van der Waals surface area (Å²) in [4.78, 5) is 2.01. The number of nitrogens with one attached hydrogen (secondary N) is 1. The van der Waals surface area contributed by atoms with Gasteiger partial charge in [-0.25, -0.2) is 8.42 Å². The van der Waals surface area contributed by atoms with Gasteiger partial charge in [-0.1, -0.05) is 17.7 Å². The Morgan fingerprint density at radius 1 is 1.26 bits per heavy atom. The highest BCUT2D eigenvalue weighted by Gasteiger charge is 2.20. The van der Waals surface area contributed by atoms with Crippen molar-refractivity contribution in [2.75, 3.05) is 26.3 Å². The third-order valence-electron chi connectivity index (χ3n) is 2.85. The Balaban J connectivity index is 2.08. The van der Waals surface area contributed by atoms with Gasteiger partial charge in [0.15, 0.2) is 5.11 Å². The van der Waals surface area contributed by atoms with Gasteiger partial charge in [-0.15, -0.1) is 0 Å². The lowest BCUT2D eigenvalue weighted by molar-refractivity contribution is 0.0682. The van der Waals surface area contributed by atoms with Crippen LogP contribution in [0.5, 0.6) is 0 Å². The van der Waals surface area contributed by atoms with Crippen molar-refractivity contribution in [1.29, 1.82) is 0 Å². The molecular formula is C12H16N2O3S2. The SMILES string of the molecule is Cc1ccc(S(=O)(=O)NC(=S)N2CCOCC2)cc1. The number of rotatable bonds is 2. The van der Waals surface area contributed by atoms with Crippen LogP contribution in [-0.2, 0) is 14.8 Å². The topological polar surface area (TPSA) is 58.6 Å². The van der Waals surface area contributed by atoms with Gasteiger partial charge in [-0.2, -0.15) is 0 Å². The number of thiocarbonyl (C=S) groups is 1. The van der Waals surface area contributed by atoms with Crippen molar-refractivity contribution in [1.82, 2.24) is 9.62 Å². The molecule has 1 heterocycles. The van der Waals surface area contributed by atoms with Crippen molar-refractivity contribution >= 4 is 27.4 Å². The first-order valence-electron chi connectivity index (χ1n) is 5.95. The minimum atomic E-state index is -3.60. The lowest BCUT2D eigenvalue weighted by Crippen LogP contribution is -2.47. The molecule has 0 amide bonds. The van der Waals surface area contributed by atoms with E-state index < -0.39 is 10.0 Å². The van der Waals surface area contributed by atoms with Crippen LogP contribution >= 0.6 is 12.2 Å². The van der Waals surface area contributed by atoms with Gasteiger partial charge < -0.3 is 9.64 Å². The second kappa shape index (κ2) is 5.85. The molecule has 0 radical (unpaired) electrons. The smallest absolute Gasteiger partial charge is 0.263 e. The zero-order valence-corrected chi connectivity index (χ0v) is 12.3. The Labute approximate surface area is 118 Å². The quantitative estimate of drug-likeness (QED) is 0.822. The largest absolute Gasteiger partial charge is 0.378 e. The van der Waals surface area contributed by atoms with Crippen LogP contribution in [0.25, 0.3) is 0 Å². The van der Waals surface area contributed by atoms with E-state index in [1.54, 1.807) is 29.2 Å².